The van der Waals surface area contributed by atoms with Crippen molar-refractivity contribution < 1.29 is 18.3 Å². The molecule has 1 heterocycles. The van der Waals surface area contributed by atoms with Gasteiger partial charge in [-0.3, -0.25) is 4.79 Å². The maximum absolute atomic E-state index is 13.6. The highest BCUT2D eigenvalue weighted by atomic mass is 19.2. The minimum Gasteiger partial charge on any atom is -0.491 e. The molecule has 8 heteroatoms. The Kier molecular flexibility index (Phi) is 6.34. The minimum atomic E-state index is -0.945. The van der Waals surface area contributed by atoms with Crippen LogP contribution < -0.4 is 20.3 Å². The van der Waals surface area contributed by atoms with Crippen molar-refractivity contribution in [2.24, 2.45) is 0 Å². The van der Waals surface area contributed by atoms with Gasteiger partial charge in [0.15, 0.2) is 11.6 Å². The molecule has 0 unspecified atom stereocenters. The first-order valence-corrected chi connectivity index (χ1v) is 9.40. The van der Waals surface area contributed by atoms with Crippen LogP contribution in [0.1, 0.15) is 25.0 Å². The molecule has 0 aliphatic heterocycles. The van der Waals surface area contributed by atoms with Crippen molar-refractivity contribution in [2.45, 2.75) is 33.4 Å². The summed E-state index contributed by atoms with van der Waals surface area (Å²) in [6.45, 7) is 5.94. The van der Waals surface area contributed by atoms with E-state index in [1.807, 2.05) is 39.0 Å². The van der Waals surface area contributed by atoms with Crippen molar-refractivity contribution in [3.63, 3.8) is 0 Å². The van der Waals surface area contributed by atoms with Gasteiger partial charge < -0.3 is 19.4 Å². The van der Waals surface area contributed by atoms with Gasteiger partial charge in [0.25, 0.3) is 0 Å². The lowest BCUT2D eigenvalue weighted by Gasteiger charge is -2.17. The number of anilines is 2. The first-order valence-electron chi connectivity index (χ1n) is 9.40. The lowest BCUT2D eigenvalue weighted by molar-refractivity contribution is 0.242. The van der Waals surface area contributed by atoms with E-state index in [-0.39, 0.29) is 24.3 Å². The van der Waals surface area contributed by atoms with Gasteiger partial charge in [-0.25, -0.2) is 8.78 Å². The van der Waals surface area contributed by atoms with E-state index < -0.39 is 17.2 Å². The van der Waals surface area contributed by atoms with Crippen molar-refractivity contribution in [3.8, 4) is 11.5 Å². The van der Waals surface area contributed by atoms with E-state index in [2.05, 4.69) is 10.3 Å². The summed E-state index contributed by atoms with van der Waals surface area (Å²) >= 11 is 0. The van der Waals surface area contributed by atoms with Crippen LogP contribution in [-0.2, 0) is 6.54 Å². The zero-order chi connectivity index (χ0) is 21.8. The Morgan fingerprint density at radius 1 is 1.13 bits per heavy atom. The number of benzene rings is 2. The number of aryl methyl sites for hydroxylation is 1. The third-order valence-electron chi connectivity index (χ3n) is 4.34. The molecule has 0 bridgehead atoms. The lowest BCUT2D eigenvalue weighted by Crippen LogP contribution is -2.19. The predicted octanol–water partition coefficient (Wildman–Crippen LogP) is 4.42. The number of nitrogens with one attached hydrogen (secondary N) is 1. The quantitative estimate of drug-likeness (QED) is 0.619. The van der Waals surface area contributed by atoms with Crippen LogP contribution in [0.2, 0.25) is 0 Å². The highest BCUT2D eigenvalue weighted by Gasteiger charge is 2.13. The molecule has 6 nitrogen and oxygen atoms in total. The number of methoxy groups -OCH3 is 1. The number of aromatic nitrogens is 2. The van der Waals surface area contributed by atoms with Gasteiger partial charge in [0.1, 0.15) is 5.75 Å². The second kappa shape index (κ2) is 8.94. The van der Waals surface area contributed by atoms with Gasteiger partial charge in [0.05, 0.1) is 26.0 Å². The molecule has 0 fully saturated rings. The molecule has 0 aliphatic carbocycles. The molecule has 0 amide bonds. The monoisotopic (exact) mass is 415 g/mol. The van der Waals surface area contributed by atoms with Crippen molar-refractivity contribution in [2.75, 3.05) is 12.4 Å². The maximum Gasteiger partial charge on any atom is 0.316 e. The Balaban J connectivity index is 1.96. The van der Waals surface area contributed by atoms with Crippen molar-refractivity contribution >= 4 is 11.6 Å². The van der Waals surface area contributed by atoms with E-state index in [4.69, 9.17) is 9.47 Å². The zero-order valence-corrected chi connectivity index (χ0v) is 17.2. The summed E-state index contributed by atoms with van der Waals surface area (Å²) in [5, 5.41) is 3.13. The van der Waals surface area contributed by atoms with Crippen LogP contribution in [0.25, 0.3) is 0 Å². The van der Waals surface area contributed by atoms with Gasteiger partial charge in [-0.05, 0) is 62.2 Å². The van der Waals surface area contributed by atoms with Crippen LogP contribution in [0.3, 0.4) is 0 Å². The molecule has 1 aromatic heterocycles. The second-order valence-corrected chi connectivity index (χ2v) is 7.08. The van der Waals surface area contributed by atoms with Crippen LogP contribution >= 0.6 is 0 Å². The molecule has 0 radical (unpaired) electrons. The molecule has 3 rings (SSSR count). The van der Waals surface area contributed by atoms with E-state index in [9.17, 15) is 13.6 Å². The van der Waals surface area contributed by atoms with E-state index in [1.165, 1.54) is 19.4 Å². The molecule has 3 aromatic rings. The molecule has 0 spiro atoms. The SMILES string of the molecule is COc1cn(Cc2ccc(F)c(F)c2)c(Nc2ccc(OC(C)C)cc2C)nc1=O. The van der Waals surface area contributed by atoms with Crippen LogP contribution in [0.15, 0.2) is 47.4 Å². The van der Waals surface area contributed by atoms with Crippen molar-refractivity contribution in [1.82, 2.24) is 9.55 Å². The Hall–Kier alpha value is -3.42. The Bertz CT molecular complexity index is 1110. The fraction of sp³-hybridized carbons (Fsp3) is 0.273. The smallest absolute Gasteiger partial charge is 0.316 e. The Morgan fingerprint density at radius 3 is 2.53 bits per heavy atom. The molecule has 30 heavy (non-hydrogen) atoms. The number of ether oxygens (including phenoxy) is 2. The summed E-state index contributed by atoms with van der Waals surface area (Å²) in [4.78, 5) is 16.3. The summed E-state index contributed by atoms with van der Waals surface area (Å²) in [6, 6.07) is 9.15. The topological polar surface area (TPSA) is 65.4 Å². The summed E-state index contributed by atoms with van der Waals surface area (Å²) in [5.74, 6) is -0.853. The molecule has 1 N–H and O–H groups in total. The van der Waals surface area contributed by atoms with Gasteiger partial charge in [0, 0.05) is 5.69 Å². The third-order valence-corrected chi connectivity index (χ3v) is 4.34. The van der Waals surface area contributed by atoms with Crippen molar-refractivity contribution in [1.29, 1.82) is 0 Å². The van der Waals surface area contributed by atoms with Crippen LogP contribution in [0.4, 0.5) is 20.4 Å². The number of halogens is 2. The third kappa shape index (κ3) is 4.94. The highest BCUT2D eigenvalue weighted by molar-refractivity contribution is 5.60. The average molecular weight is 415 g/mol. The summed E-state index contributed by atoms with van der Waals surface area (Å²) in [6.07, 6.45) is 1.53. The number of rotatable bonds is 7. The van der Waals surface area contributed by atoms with Gasteiger partial charge >= 0.3 is 5.56 Å². The van der Waals surface area contributed by atoms with Crippen LogP contribution in [-0.4, -0.2) is 22.8 Å². The Morgan fingerprint density at radius 2 is 1.90 bits per heavy atom. The summed E-state index contributed by atoms with van der Waals surface area (Å²) in [7, 11) is 1.37. The molecular formula is C22H23F2N3O3. The normalized spacial score (nSPS) is 10.9. The van der Waals surface area contributed by atoms with Crippen LogP contribution in [0, 0.1) is 18.6 Å². The molecular weight excluding hydrogens is 392 g/mol. The average Bonchev–Trinajstić information content (AvgIpc) is 2.68. The highest BCUT2D eigenvalue weighted by Crippen LogP contribution is 2.25. The predicted molar refractivity (Wildman–Crippen MR) is 111 cm³/mol. The zero-order valence-electron chi connectivity index (χ0n) is 17.2. The lowest BCUT2D eigenvalue weighted by atomic mass is 10.2. The minimum absolute atomic E-state index is 0.0422. The van der Waals surface area contributed by atoms with Gasteiger partial charge in [-0.2, -0.15) is 4.98 Å². The van der Waals surface area contributed by atoms with E-state index in [0.717, 1.165) is 29.1 Å². The molecule has 158 valence electrons. The molecule has 2 aromatic carbocycles. The van der Waals surface area contributed by atoms with Gasteiger partial charge in [-0.15, -0.1) is 0 Å². The summed E-state index contributed by atoms with van der Waals surface area (Å²) in [5.41, 5.74) is 1.57. The molecule has 0 atom stereocenters. The van der Waals surface area contributed by atoms with E-state index >= 15 is 0 Å². The Labute approximate surface area is 173 Å². The first kappa shape index (κ1) is 21.3. The number of nitrogens with zero attached hydrogens (tertiary/aromatic N) is 2. The number of hydrogen-bond acceptors (Lipinski definition) is 5. The molecule has 0 saturated heterocycles. The number of hydrogen-bond donors (Lipinski definition) is 1. The fourth-order valence-corrected chi connectivity index (χ4v) is 2.91. The first-order chi connectivity index (χ1) is 14.3. The molecule has 0 aliphatic rings. The van der Waals surface area contributed by atoms with Gasteiger partial charge in [-0.1, -0.05) is 6.07 Å². The van der Waals surface area contributed by atoms with Gasteiger partial charge in [0.2, 0.25) is 11.7 Å². The maximum atomic E-state index is 13.6. The molecule has 0 saturated carbocycles. The second-order valence-electron chi connectivity index (χ2n) is 7.08. The fourth-order valence-electron chi connectivity index (χ4n) is 2.91. The summed E-state index contributed by atoms with van der Waals surface area (Å²) < 4.78 is 39.2. The van der Waals surface area contributed by atoms with Crippen molar-refractivity contribution in [3.05, 3.63) is 75.7 Å². The van der Waals surface area contributed by atoms with E-state index in [0.29, 0.717) is 5.56 Å². The van der Waals surface area contributed by atoms with Crippen LogP contribution in [0.5, 0.6) is 11.5 Å². The standard InChI is InChI=1S/C22H23F2N3O3/c1-13(2)30-16-6-8-19(14(3)9-16)25-22-26-21(28)20(29-4)12-27(22)11-15-5-7-17(23)18(24)10-15/h5-10,12-13H,11H2,1-4H3,(H,25,26,28). The largest absolute Gasteiger partial charge is 0.491 e. The van der Waals surface area contributed by atoms with E-state index in [1.54, 1.807) is 4.57 Å².